The fourth-order valence-corrected chi connectivity index (χ4v) is 9.13. The van der Waals surface area contributed by atoms with E-state index in [4.69, 9.17) is 0 Å². The predicted octanol–water partition coefficient (Wildman–Crippen LogP) is 13.4. The molecule has 2 aliphatic rings. The molecule has 0 aliphatic heterocycles. The zero-order valence-corrected chi connectivity index (χ0v) is 28.4. The minimum Gasteiger partial charge on any atom is -0.0853 e. The molecular weight excluding hydrogens is 468 g/mol. The molecule has 0 aromatic carbocycles. The molecule has 2 fully saturated rings. The normalized spacial score (nSPS) is 26.1. The molecule has 0 saturated heterocycles. The van der Waals surface area contributed by atoms with Crippen molar-refractivity contribution in [3.63, 3.8) is 0 Å². The zero-order valence-electron chi connectivity index (χ0n) is 28.4. The van der Waals surface area contributed by atoms with E-state index in [1.807, 2.05) is 0 Å². The summed E-state index contributed by atoms with van der Waals surface area (Å²) in [6.45, 7) is 20.0. The predicted molar refractivity (Wildman–Crippen MR) is 177 cm³/mol. The average molecular weight is 543 g/mol. The molecule has 0 radical (unpaired) electrons. The van der Waals surface area contributed by atoms with Gasteiger partial charge in [-0.25, -0.2) is 0 Å². The molecule has 0 spiro atoms. The van der Waals surface area contributed by atoms with Gasteiger partial charge in [-0.3, -0.25) is 0 Å². The van der Waals surface area contributed by atoms with E-state index in [-0.39, 0.29) is 0 Å². The SMILES string of the molecule is CCC/C=C(\C)C1CCC(C(C)C(C)CCC(C)C(C2CCCCC2)C(CCC)CC(C)CCCCC)CC1. The van der Waals surface area contributed by atoms with Gasteiger partial charge in [0, 0.05) is 0 Å². The third kappa shape index (κ3) is 12.2. The number of allylic oxidation sites excluding steroid dienone is 2. The van der Waals surface area contributed by atoms with Crippen molar-refractivity contribution >= 4 is 0 Å². The lowest BCUT2D eigenvalue weighted by Crippen LogP contribution is -2.33. The van der Waals surface area contributed by atoms with Crippen LogP contribution in [0.15, 0.2) is 11.6 Å². The number of hydrogen-bond donors (Lipinski definition) is 0. The van der Waals surface area contributed by atoms with Crippen LogP contribution < -0.4 is 0 Å². The Morgan fingerprint density at radius 3 is 1.95 bits per heavy atom. The summed E-state index contributed by atoms with van der Waals surface area (Å²) in [5, 5.41) is 0. The summed E-state index contributed by atoms with van der Waals surface area (Å²) >= 11 is 0. The van der Waals surface area contributed by atoms with Crippen molar-refractivity contribution in [3.05, 3.63) is 11.6 Å². The van der Waals surface area contributed by atoms with Crippen LogP contribution >= 0.6 is 0 Å². The Morgan fingerprint density at radius 2 is 1.33 bits per heavy atom. The zero-order chi connectivity index (χ0) is 28.6. The number of hydrogen-bond acceptors (Lipinski definition) is 0. The molecule has 0 aromatic heterocycles. The van der Waals surface area contributed by atoms with Crippen molar-refractivity contribution in [2.24, 2.45) is 53.3 Å². The second-order valence-corrected chi connectivity index (χ2v) is 15.1. The topological polar surface area (TPSA) is 0 Å². The van der Waals surface area contributed by atoms with E-state index in [9.17, 15) is 0 Å². The van der Waals surface area contributed by atoms with Crippen LogP contribution in [0.1, 0.15) is 184 Å². The van der Waals surface area contributed by atoms with Gasteiger partial charge in [0.05, 0.1) is 0 Å². The first-order valence-electron chi connectivity index (χ1n) is 18.5. The smallest absolute Gasteiger partial charge is 0.0206 e. The van der Waals surface area contributed by atoms with Gasteiger partial charge in [-0.05, 0) is 98.7 Å². The molecular formula is C39H74. The molecule has 0 nitrogen and oxygen atoms in total. The standard InChI is InChI=1S/C39H74/c1-9-12-15-19-30(4)29-38(18-11-3)39(37-21-16-14-17-22-37)33(7)24-23-31(5)34(8)36-27-25-35(26-28-36)32(6)20-13-10-2/h20,30-31,33-39H,9-19,21-29H2,1-8H3/b32-20+. The molecule has 0 amide bonds. The van der Waals surface area contributed by atoms with Crippen LogP contribution in [0.4, 0.5) is 0 Å². The number of rotatable bonds is 19. The average Bonchev–Trinajstić information content (AvgIpc) is 2.95. The van der Waals surface area contributed by atoms with Crippen molar-refractivity contribution in [2.75, 3.05) is 0 Å². The van der Waals surface area contributed by atoms with Crippen LogP contribution in [0.5, 0.6) is 0 Å². The van der Waals surface area contributed by atoms with Crippen LogP contribution in [0.3, 0.4) is 0 Å². The first kappa shape index (κ1) is 34.9. The highest BCUT2D eigenvalue weighted by Crippen LogP contribution is 2.45. The van der Waals surface area contributed by atoms with Crippen molar-refractivity contribution in [1.29, 1.82) is 0 Å². The quantitative estimate of drug-likeness (QED) is 0.112. The molecule has 0 N–H and O–H groups in total. The maximum Gasteiger partial charge on any atom is -0.0206 e. The van der Waals surface area contributed by atoms with E-state index in [1.54, 1.807) is 5.57 Å². The van der Waals surface area contributed by atoms with Crippen LogP contribution in [0, 0.1) is 53.3 Å². The second-order valence-electron chi connectivity index (χ2n) is 15.1. The van der Waals surface area contributed by atoms with Gasteiger partial charge in [0.15, 0.2) is 0 Å². The molecule has 2 rings (SSSR count). The Bertz CT molecular complexity index is 616. The van der Waals surface area contributed by atoms with Gasteiger partial charge in [0.25, 0.3) is 0 Å². The van der Waals surface area contributed by atoms with Gasteiger partial charge >= 0.3 is 0 Å². The summed E-state index contributed by atoms with van der Waals surface area (Å²) in [4.78, 5) is 0. The number of unbranched alkanes of at least 4 members (excludes halogenated alkanes) is 3. The third-order valence-corrected chi connectivity index (χ3v) is 11.9. The molecule has 0 aromatic rings. The van der Waals surface area contributed by atoms with Crippen molar-refractivity contribution in [3.8, 4) is 0 Å². The van der Waals surface area contributed by atoms with E-state index < -0.39 is 0 Å². The lowest BCUT2D eigenvalue weighted by molar-refractivity contribution is 0.0844. The van der Waals surface area contributed by atoms with Crippen LogP contribution in [-0.4, -0.2) is 0 Å². The minimum absolute atomic E-state index is 0.881. The monoisotopic (exact) mass is 543 g/mol. The molecule has 6 atom stereocenters. The highest BCUT2D eigenvalue weighted by atomic mass is 14.4. The van der Waals surface area contributed by atoms with Gasteiger partial charge in [0.1, 0.15) is 0 Å². The molecule has 2 saturated carbocycles. The first-order valence-corrected chi connectivity index (χ1v) is 18.5. The summed E-state index contributed by atoms with van der Waals surface area (Å²) < 4.78 is 0. The Morgan fingerprint density at radius 1 is 0.667 bits per heavy atom. The van der Waals surface area contributed by atoms with Crippen molar-refractivity contribution < 1.29 is 0 Å². The molecule has 39 heavy (non-hydrogen) atoms. The van der Waals surface area contributed by atoms with Gasteiger partial charge in [-0.15, -0.1) is 0 Å². The largest absolute Gasteiger partial charge is 0.0853 e. The molecule has 0 bridgehead atoms. The van der Waals surface area contributed by atoms with E-state index in [1.165, 1.54) is 128 Å². The van der Waals surface area contributed by atoms with E-state index in [0.29, 0.717) is 0 Å². The lowest BCUT2D eigenvalue weighted by Gasteiger charge is -2.42. The first-order chi connectivity index (χ1) is 18.8. The van der Waals surface area contributed by atoms with Crippen molar-refractivity contribution in [1.82, 2.24) is 0 Å². The minimum atomic E-state index is 0.881. The molecule has 0 heterocycles. The Labute approximate surface area is 248 Å². The Kier molecular flexibility index (Phi) is 17.7. The van der Waals surface area contributed by atoms with Gasteiger partial charge in [-0.1, -0.05) is 150 Å². The Hall–Kier alpha value is -0.260. The van der Waals surface area contributed by atoms with Gasteiger partial charge in [-0.2, -0.15) is 0 Å². The van der Waals surface area contributed by atoms with E-state index in [0.717, 1.165) is 53.3 Å². The van der Waals surface area contributed by atoms with Gasteiger partial charge in [0.2, 0.25) is 0 Å². The lowest BCUT2D eigenvalue weighted by atomic mass is 9.64. The molecule has 230 valence electrons. The summed E-state index contributed by atoms with van der Waals surface area (Å²) in [7, 11) is 0. The third-order valence-electron chi connectivity index (χ3n) is 11.9. The maximum atomic E-state index is 2.69. The van der Waals surface area contributed by atoms with Crippen LogP contribution in [0.25, 0.3) is 0 Å². The van der Waals surface area contributed by atoms with Gasteiger partial charge < -0.3 is 0 Å². The maximum absolute atomic E-state index is 2.69. The van der Waals surface area contributed by atoms with Crippen LogP contribution in [-0.2, 0) is 0 Å². The summed E-state index contributed by atoms with van der Waals surface area (Å²) in [5.41, 5.74) is 1.69. The highest BCUT2D eigenvalue weighted by Gasteiger charge is 2.35. The highest BCUT2D eigenvalue weighted by molar-refractivity contribution is 5.05. The molecule has 2 aliphatic carbocycles. The fraction of sp³-hybridized carbons (Fsp3) is 0.949. The summed E-state index contributed by atoms with van der Waals surface area (Å²) in [5.74, 6) is 8.42. The van der Waals surface area contributed by atoms with E-state index >= 15 is 0 Å². The second kappa shape index (κ2) is 19.8. The van der Waals surface area contributed by atoms with Crippen LogP contribution in [0.2, 0.25) is 0 Å². The summed E-state index contributed by atoms with van der Waals surface area (Å²) in [6, 6.07) is 0. The van der Waals surface area contributed by atoms with E-state index in [2.05, 4.69) is 61.5 Å². The summed E-state index contributed by atoms with van der Waals surface area (Å²) in [6.07, 6.45) is 31.5. The molecule has 0 heteroatoms. The fourth-order valence-electron chi connectivity index (χ4n) is 9.13. The Balaban J connectivity index is 1.96. The van der Waals surface area contributed by atoms with Crippen molar-refractivity contribution in [2.45, 2.75) is 184 Å². The molecule has 6 unspecified atom stereocenters.